The first-order valence-electron chi connectivity index (χ1n) is 6.14. The summed E-state index contributed by atoms with van der Waals surface area (Å²) in [7, 11) is 0. The lowest BCUT2D eigenvalue weighted by molar-refractivity contribution is 0.00351. The Labute approximate surface area is 116 Å². The Bertz CT molecular complexity index is 412. The van der Waals surface area contributed by atoms with Crippen LogP contribution in [0.25, 0.3) is 0 Å². The van der Waals surface area contributed by atoms with Gasteiger partial charge in [-0.15, -0.1) is 0 Å². The number of nitrogens with zero attached hydrogens (tertiary/aromatic N) is 1. The normalized spacial score (nSPS) is 22.0. The average molecular weight is 315 g/mol. The molecule has 5 heteroatoms. The molecule has 0 saturated carbocycles. The fraction of sp³-hybridized carbons (Fsp3) is 0.538. The van der Waals surface area contributed by atoms with Crippen molar-refractivity contribution in [3.05, 3.63) is 28.2 Å². The Morgan fingerprint density at radius 1 is 1.61 bits per heavy atom. The molecule has 0 aliphatic carbocycles. The first-order valence-corrected chi connectivity index (χ1v) is 6.93. The monoisotopic (exact) mass is 314 g/mol. The number of nitrogens with two attached hydrogens (primary N) is 1. The predicted molar refractivity (Wildman–Crippen MR) is 75.8 cm³/mol. The Morgan fingerprint density at radius 3 is 3.06 bits per heavy atom. The van der Waals surface area contributed by atoms with E-state index in [1.54, 1.807) is 0 Å². The van der Waals surface area contributed by atoms with Gasteiger partial charge >= 0.3 is 0 Å². The zero-order valence-corrected chi connectivity index (χ0v) is 12.1. The summed E-state index contributed by atoms with van der Waals surface area (Å²) >= 11 is 3.48. The van der Waals surface area contributed by atoms with Gasteiger partial charge in [0.2, 0.25) is 0 Å². The molecule has 1 heterocycles. The summed E-state index contributed by atoms with van der Waals surface area (Å²) in [6.07, 6.45) is -0.108. The first-order chi connectivity index (χ1) is 8.61. The van der Waals surface area contributed by atoms with Crippen molar-refractivity contribution in [2.45, 2.75) is 19.1 Å². The van der Waals surface area contributed by atoms with E-state index in [1.165, 1.54) is 0 Å². The Kier molecular flexibility index (Phi) is 4.61. The van der Waals surface area contributed by atoms with Crippen LogP contribution in [0.5, 0.6) is 0 Å². The van der Waals surface area contributed by atoms with Gasteiger partial charge in [-0.05, 0) is 30.7 Å². The molecule has 0 radical (unpaired) electrons. The maximum Gasteiger partial charge on any atom is 0.0980 e. The third-order valence-corrected chi connectivity index (χ3v) is 3.66. The van der Waals surface area contributed by atoms with Gasteiger partial charge in [0.1, 0.15) is 0 Å². The summed E-state index contributed by atoms with van der Waals surface area (Å²) in [6, 6.07) is 6.13. The van der Waals surface area contributed by atoms with Crippen molar-refractivity contribution in [3.8, 4) is 0 Å². The number of aliphatic hydroxyl groups is 1. The summed E-state index contributed by atoms with van der Waals surface area (Å²) in [5.41, 5.74) is 8.28. The second-order valence-electron chi connectivity index (χ2n) is 4.61. The molecule has 2 unspecified atom stereocenters. The molecule has 2 atom stereocenters. The van der Waals surface area contributed by atoms with Crippen molar-refractivity contribution < 1.29 is 9.84 Å². The number of anilines is 1. The molecule has 1 aliphatic heterocycles. The van der Waals surface area contributed by atoms with E-state index in [4.69, 9.17) is 10.5 Å². The Balaban J connectivity index is 2.26. The predicted octanol–water partition coefficient (Wildman–Crippen LogP) is 1.67. The van der Waals surface area contributed by atoms with Gasteiger partial charge in [0, 0.05) is 29.3 Å². The smallest absolute Gasteiger partial charge is 0.0980 e. The van der Waals surface area contributed by atoms with Crippen LogP contribution < -0.4 is 10.6 Å². The summed E-state index contributed by atoms with van der Waals surface area (Å²) in [4.78, 5) is 2.23. The maximum absolute atomic E-state index is 9.19. The number of rotatable bonds is 3. The molecule has 0 bridgehead atoms. The highest BCUT2D eigenvalue weighted by Crippen LogP contribution is 2.29. The van der Waals surface area contributed by atoms with Crippen molar-refractivity contribution in [1.29, 1.82) is 0 Å². The standard InChI is InChI=1S/C13H19BrN2O2/c1-9(15)12-6-10(14)2-3-13(12)16-4-5-18-11(7-16)8-17/h2-3,6,9,11,17H,4-5,7-8,15H2,1H3. The highest BCUT2D eigenvalue weighted by Gasteiger charge is 2.22. The lowest BCUT2D eigenvalue weighted by atomic mass is 10.1. The number of ether oxygens (including phenoxy) is 1. The molecule has 1 aromatic carbocycles. The van der Waals surface area contributed by atoms with Crippen LogP contribution >= 0.6 is 15.9 Å². The van der Waals surface area contributed by atoms with Crippen molar-refractivity contribution in [2.24, 2.45) is 5.73 Å². The molecule has 1 saturated heterocycles. The van der Waals surface area contributed by atoms with Crippen LogP contribution in [-0.4, -0.2) is 37.5 Å². The van der Waals surface area contributed by atoms with Crippen LogP contribution in [0.2, 0.25) is 0 Å². The highest BCUT2D eigenvalue weighted by atomic mass is 79.9. The second-order valence-corrected chi connectivity index (χ2v) is 5.53. The Hall–Kier alpha value is -0.620. The number of morpholine rings is 1. The second kappa shape index (κ2) is 6.02. The van der Waals surface area contributed by atoms with Gasteiger partial charge in [-0.2, -0.15) is 0 Å². The van der Waals surface area contributed by atoms with Crippen LogP contribution in [-0.2, 0) is 4.74 Å². The largest absolute Gasteiger partial charge is 0.394 e. The Morgan fingerprint density at radius 2 is 2.39 bits per heavy atom. The number of hydrogen-bond acceptors (Lipinski definition) is 4. The molecule has 18 heavy (non-hydrogen) atoms. The number of hydrogen-bond donors (Lipinski definition) is 2. The van der Waals surface area contributed by atoms with E-state index in [2.05, 4.69) is 33.0 Å². The molecular weight excluding hydrogens is 296 g/mol. The molecule has 0 aromatic heterocycles. The van der Waals surface area contributed by atoms with Crippen molar-refractivity contribution in [1.82, 2.24) is 0 Å². The lowest BCUT2D eigenvalue weighted by Crippen LogP contribution is -2.44. The highest BCUT2D eigenvalue weighted by molar-refractivity contribution is 9.10. The van der Waals surface area contributed by atoms with Gasteiger partial charge in [0.15, 0.2) is 0 Å². The van der Waals surface area contributed by atoms with E-state index in [9.17, 15) is 5.11 Å². The van der Waals surface area contributed by atoms with Crippen LogP contribution in [0.3, 0.4) is 0 Å². The van der Waals surface area contributed by atoms with Gasteiger partial charge < -0.3 is 20.5 Å². The van der Waals surface area contributed by atoms with E-state index < -0.39 is 0 Å². The van der Waals surface area contributed by atoms with Crippen molar-refractivity contribution in [2.75, 3.05) is 31.2 Å². The summed E-state index contributed by atoms with van der Waals surface area (Å²) < 4.78 is 6.50. The van der Waals surface area contributed by atoms with Crippen LogP contribution in [0.1, 0.15) is 18.5 Å². The number of aliphatic hydroxyl groups excluding tert-OH is 1. The fourth-order valence-corrected chi connectivity index (χ4v) is 2.61. The number of halogens is 1. The molecule has 2 rings (SSSR count). The van der Waals surface area contributed by atoms with E-state index in [1.807, 2.05) is 13.0 Å². The topological polar surface area (TPSA) is 58.7 Å². The van der Waals surface area contributed by atoms with E-state index >= 15 is 0 Å². The summed E-state index contributed by atoms with van der Waals surface area (Å²) in [5.74, 6) is 0. The molecule has 0 amide bonds. The molecule has 1 fully saturated rings. The minimum Gasteiger partial charge on any atom is -0.394 e. The molecular formula is C13H19BrN2O2. The van der Waals surface area contributed by atoms with Gasteiger partial charge in [-0.25, -0.2) is 0 Å². The van der Waals surface area contributed by atoms with E-state index in [-0.39, 0.29) is 18.8 Å². The van der Waals surface area contributed by atoms with Gasteiger partial charge in [0.25, 0.3) is 0 Å². The van der Waals surface area contributed by atoms with Crippen LogP contribution in [0, 0.1) is 0 Å². The third-order valence-electron chi connectivity index (χ3n) is 3.16. The van der Waals surface area contributed by atoms with Crippen molar-refractivity contribution in [3.63, 3.8) is 0 Å². The summed E-state index contributed by atoms with van der Waals surface area (Å²) in [5, 5.41) is 9.19. The molecule has 1 aliphatic rings. The molecule has 0 spiro atoms. The minimum absolute atomic E-state index is 0.0204. The maximum atomic E-state index is 9.19. The molecule has 100 valence electrons. The lowest BCUT2D eigenvalue weighted by Gasteiger charge is -2.35. The van der Waals surface area contributed by atoms with E-state index in [0.29, 0.717) is 13.2 Å². The number of benzene rings is 1. The molecule has 4 nitrogen and oxygen atoms in total. The fourth-order valence-electron chi connectivity index (χ4n) is 2.23. The van der Waals surface area contributed by atoms with Crippen molar-refractivity contribution >= 4 is 21.6 Å². The zero-order chi connectivity index (χ0) is 13.1. The SMILES string of the molecule is CC(N)c1cc(Br)ccc1N1CCOC(CO)C1. The van der Waals surface area contributed by atoms with Crippen LogP contribution in [0.4, 0.5) is 5.69 Å². The molecule has 1 aromatic rings. The molecule has 3 N–H and O–H groups in total. The average Bonchev–Trinajstić information content (AvgIpc) is 2.38. The first kappa shape index (κ1) is 13.8. The zero-order valence-electron chi connectivity index (χ0n) is 10.5. The quantitative estimate of drug-likeness (QED) is 0.891. The van der Waals surface area contributed by atoms with Gasteiger partial charge in [-0.1, -0.05) is 15.9 Å². The summed E-state index contributed by atoms with van der Waals surface area (Å²) in [6.45, 7) is 4.21. The van der Waals surface area contributed by atoms with E-state index in [0.717, 1.165) is 22.3 Å². The van der Waals surface area contributed by atoms with Crippen LogP contribution in [0.15, 0.2) is 22.7 Å². The minimum atomic E-state index is -0.108. The third kappa shape index (κ3) is 3.03. The van der Waals surface area contributed by atoms with Gasteiger partial charge in [0.05, 0.1) is 19.3 Å². The van der Waals surface area contributed by atoms with Gasteiger partial charge in [-0.3, -0.25) is 0 Å².